The van der Waals surface area contributed by atoms with E-state index < -0.39 is 24.0 Å². The zero-order valence-corrected chi connectivity index (χ0v) is 14.8. The van der Waals surface area contributed by atoms with E-state index in [1.807, 2.05) is 36.4 Å². The van der Waals surface area contributed by atoms with Crippen molar-refractivity contribution in [3.05, 3.63) is 71.8 Å². The molecule has 0 saturated carbocycles. The number of nitrogens with one attached hydrogen (secondary N) is 2. The van der Waals surface area contributed by atoms with Gasteiger partial charge >= 0.3 is 12.0 Å². The number of carbonyl (C=O) groups excluding carboxylic acids is 3. The van der Waals surface area contributed by atoms with E-state index in [4.69, 9.17) is 4.74 Å². The fourth-order valence-electron chi connectivity index (χ4n) is 2.65. The van der Waals surface area contributed by atoms with Gasteiger partial charge in [0.2, 0.25) is 0 Å². The number of carbonyl (C=O) groups is 3. The quantitative estimate of drug-likeness (QED) is 0.591. The Morgan fingerprint density at radius 3 is 2.08 bits per heavy atom. The average Bonchev–Trinajstić information content (AvgIpc) is 2.67. The fraction of sp³-hybridized carbons (Fsp3) is 0.250. The highest BCUT2D eigenvalue weighted by molar-refractivity contribution is 5.99. The van der Waals surface area contributed by atoms with Gasteiger partial charge < -0.3 is 15.4 Å². The summed E-state index contributed by atoms with van der Waals surface area (Å²) in [6, 6.07) is 17.0. The number of rotatable bonds is 7. The molecule has 0 bridgehead atoms. The molecule has 0 aliphatic heterocycles. The third-order valence-corrected chi connectivity index (χ3v) is 3.97. The molecule has 2 N–H and O–H groups in total. The van der Waals surface area contributed by atoms with Crippen LogP contribution in [-0.2, 0) is 20.9 Å². The molecule has 2 amide bonds. The summed E-state index contributed by atoms with van der Waals surface area (Å²) < 4.78 is 4.76. The van der Waals surface area contributed by atoms with Crippen LogP contribution in [0.3, 0.4) is 0 Å². The molecule has 0 aliphatic rings. The first-order valence-electron chi connectivity index (χ1n) is 8.24. The minimum absolute atomic E-state index is 0.331. The topological polar surface area (TPSA) is 84.5 Å². The number of hydrogen-bond donors (Lipinski definition) is 2. The van der Waals surface area contributed by atoms with Gasteiger partial charge in [-0.15, -0.1) is 0 Å². The van der Waals surface area contributed by atoms with E-state index in [0.717, 1.165) is 5.56 Å². The van der Waals surface area contributed by atoms with Crippen molar-refractivity contribution in [2.45, 2.75) is 19.5 Å². The molecule has 0 fully saturated rings. The Morgan fingerprint density at radius 2 is 1.54 bits per heavy atom. The standard InChI is InChI=1S/C20H22N2O4/c1-14(23)17(19(24)26-2)18(16-11-7-4-8-12-16)22-20(25)21-13-15-9-5-3-6-10-15/h3-12,17-18H,13H2,1-2H3,(H2,21,22,25)/t17?,18-/m1/s1. The number of urea groups is 1. The summed E-state index contributed by atoms with van der Waals surface area (Å²) in [6.07, 6.45) is 0. The van der Waals surface area contributed by atoms with Gasteiger partial charge in [-0.3, -0.25) is 9.59 Å². The molecule has 0 heterocycles. The van der Waals surface area contributed by atoms with Crippen molar-refractivity contribution in [3.8, 4) is 0 Å². The maximum Gasteiger partial charge on any atom is 0.318 e. The van der Waals surface area contributed by atoms with Crippen LogP contribution in [0.1, 0.15) is 24.1 Å². The van der Waals surface area contributed by atoms with Gasteiger partial charge in [0.25, 0.3) is 0 Å². The molecular formula is C20H22N2O4. The largest absolute Gasteiger partial charge is 0.468 e. The summed E-state index contributed by atoms with van der Waals surface area (Å²) >= 11 is 0. The Bertz CT molecular complexity index is 747. The zero-order chi connectivity index (χ0) is 18.9. The second-order valence-electron chi connectivity index (χ2n) is 5.81. The van der Waals surface area contributed by atoms with E-state index in [1.54, 1.807) is 24.3 Å². The number of ketones is 1. The highest BCUT2D eigenvalue weighted by Crippen LogP contribution is 2.24. The van der Waals surface area contributed by atoms with Gasteiger partial charge in [0.05, 0.1) is 13.2 Å². The van der Waals surface area contributed by atoms with Crippen molar-refractivity contribution in [3.63, 3.8) is 0 Å². The van der Waals surface area contributed by atoms with Gasteiger partial charge in [-0.2, -0.15) is 0 Å². The van der Waals surface area contributed by atoms with E-state index in [-0.39, 0.29) is 5.78 Å². The molecule has 136 valence electrons. The molecule has 6 nitrogen and oxygen atoms in total. The normalized spacial score (nSPS) is 12.5. The monoisotopic (exact) mass is 354 g/mol. The SMILES string of the molecule is COC(=O)C(C(C)=O)[C@H](NC(=O)NCc1ccccc1)c1ccccc1. The summed E-state index contributed by atoms with van der Waals surface area (Å²) in [5.41, 5.74) is 1.59. The number of esters is 1. The second-order valence-corrected chi connectivity index (χ2v) is 5.81. The fourth-order valence-corrected chi connectivity index (χ4v) is 2.65. The van der Waals surface area contributed by atoms with Crippen LogP contribution in [0.25, 0.3) is 0 Å². The molecule has 1 unspecified atom stereocenters. The Balaban J connectivity index is 2.17. The predicted molar refractivity (Wildman–Crippen MR) is 97.2 cm³/mol. The maximum atomic E-state index is 12.4. The molecule has 0 aliphatic carbocycles. The number of hydrogen-bond acceptors (Lipinski definition) is 4. The average molecular weight is 354 g/mol. The maximum absolute atomic E-state index is 12.4. The Morgan fingerprint density at radius 1 is 0.962 bits per heavy atom. The first-order chi connectivity index (χ1) is 12.5. The summed E-state index contributed by atoms with van der Waals surface area (Å²) in [4.78, 5) is 36.5. The minimum Gasteiger partial charge on any atom is -0.468 e. The van der Waals surface area contributed by atoms with E-state index in [1.165, 1.54) is 14.0 Å². The molecule has 26 heavy (non-hydrogen) atoms. The molecule has 2 rings (SSSR count). The molecule has 6 heteroatoms. The lowest BCUT2D eigenvalue weighted by molar-refractivity contribution is -0.150. The zero-order valence-electron chi connectivity index (χ0n) is 14.8. The lowest BCUT2D eigenvalue weighted by atomic mass is 9.90. The summed E-state index contributed by atoms with van der Waals surface area (Å²) in [7, 11) is 1.22. The molecule has 0 radical (unpaired) electrons. The number of Topliss-reactive ketones (excluding diaryl/α,β-unsaturated/α-hetero) is 1. The van der Waals surface area contributed by atoms with Gasteiger partial charge in [0.15, 0.2) is 0 Å². The van der Waals surface area contributed by atoms with Gasteiger partial charge in [-0.05, 0) is 18.1 Å². The highest BCUT2D eigenvalue weighted by atomic mass is 16.5. The van der Waals surface area contributed by atoms with Gasteiger partial charge in [0.1, 0.15) is 11.7 Å². The van der Waals surface area contributed by atoms with Crippen molar-refractivity contribution >= 4 is 17.8 Å². The van der Waals surface area contributed by atoms with Crippen LogP contribution in [0.5, 0.6) is 0 Å². The number of ether oxygens (including phenoxy) is 1. The van der Waals surface area contributed by atoms with Crippen LogP contribution in [0.4, 0.5) is 4.79 Å². The van der Waals surface area contributed by atoms with Crippen LogP contribution in [-0.4, -0.2) is 24.9 Å². The molecule has 2 aromatic carbocycles. The van der Waals surface area contributed by atoms with Crippen LogP contribution < -0.4 is 10.6 Å². The van der Waals surface area contributed by atoms with E-state index >= 15 is 0 Å². The number of methoxy groups -OCH3 is 1. The third kappa shape index (κ3) is 5.17. The lowest BCUT2D eigenvalue weighted by Gasteiger charge is -2.25. The van der Waals surface area contributed by atoms with Crippen molar-refractivity contribution in [2.75, 3.05) is 7.11 Å². The second kappa shape index (κ2) is 9.36. The van der Waals surface area contributed by atoms with Crippen molar-refractivity contribution in [1.82, 2.24) is 10.6 Å². The van der Waals surface area contributed by atoms with E-state index in [0.29, 0.717) is 12.1 Å². The molecule has 2 atom stereocenters. The Hall–Kier alpha value is -3.15. The smallest absolute Gasteiger partial charge is 0.318 e. The first-order valence-corrected chi connectivity index (χ1v) is 8.24. The number of benzene rings is 2. The molecule has 0 spiro atoms. The molecular weight excluding hydrogens is 332 g/mol. The molecule has 2 aromatic rings. The van der Waals surface area contributed by atoms with Crippen molar-refractivity contribution in [2.24, 2.45) is 5.92 Å². The molecule has 0 aromatic heterocycles. The van der Waals surface area contributed by atoms with Gasteiger partial charge in [0, 0.05) is 6.54 Å². The Kier molecular flexibility index (Phi) is 6.91. The highest BCUT2D eigenvalue weighted by Gasteiger charge is 2.35. The van der Waals surface area contributed by atoms with E-state index in [2.05, 4.69) is 10.6 Å². The minimum atomic E-state index is -1.12. The summed E-state index contributed by atoms with van der Waals surface area (Å²) in [5, 5.41) is 5.46. The van der Waals surface area contributed by atoms with Crippen LogP contribution >= 0.6 is 0 Å². The van der Waals surface area contributed by atoms with Crippen molar-refractivity contribution in [1.29, 1.82) is 0 Å². The van der Waals surface area contributed by atoms with E-state index in [9.17, 15) is 14.4 Å². The van der Waals surface area contributed by atoms with Crippen LogP contribution in [0, 0.1) is 5.92 Å². The van der Waals surface area contributed by atoms with Crippen molar-refractivity contribution < 1.29 is 19.1 Å². The summed E-state index contributed by atoms with van der Waals surface area (Å²) in [6.45, 7) is 1.64. The van der Waals surface area contributed by atoms with Crippen LogP contribution in [0.2, 0.25) is 0 Å². The van der Waals surface area contributed by atoms with Gasteiger partial charge in [-0.1, -0.05) is 60.7 Å². The number of amides is 2. The molecule has 0 saturated heterocycles. The first kappa shape index (κ1) is 19.2. The lowest BCUT2D eigenvalue weighted by Crippen LogP contribution is -2.44. The van der Waals surface area contributed by atoms with Gasteiger partial charge in [-0.25, -0.2) is 4.79 Å². The summed E-state index contributed by atoms with van der Waals surface area (Å²) in [5.74, 6) is -2.19. The Labute approximate surface area is 152 Å². The van der Waals surface area contributed by atoms with Crippen LogP contribution in [0.15, 0.2) is 60.7 Å². The third-order valence-electron chi connectivity index (χ3n) is 3.97. The predicted octanol–water partition coefficient (Wildman–Crippen LogP) is 2.61.